The number of halogens is 1. The minimum Gasteiger partial charge on any atom is -0.495 e. The number of nitrogens with one attached hydrogen (secondary N) is 1. The van der Waals surface area contributed by atoms with E-state index in [4.69, 9.17) is 16.3 Å². The van der Waals surface area contributed by atoms with E-state index in [1.807, 2.05) is 30.3 Å². The summed E-state index contributed by atoms with van der Waals surface area (Å²) < 4.78 is 6.97. The van der Waals surface area contributed by atoms with Crippen LogP contribution in [0.15, 0.2) is 59.9 Å². The van der Waals surface area contributed by atoms with Crippen LogP contribution in [0.1, 0.15) is 5.56 Å². The van der Waals surface area contributed by atoms with Gasteiger partial charge in [0.2, 0.25) is 5.91 Å². The van der Waals surface area contributed by atoms with Crippen molar-refractivity contribution >= 4 is 46.1 Å². The van der Waals surface area contributed by atoms with E-state index in [9.17, 15) is 4.79 Å². The zero-order chi connectivity index (χ0) is 20.9. The van der Waals surface area contributed by atoms with Gasteiger partial charge in [-0.3, -0.25) is 4.79 Å². The summed E-state index contributed by atoms with van der Waals surface area (Å²) in [5.74, 6) is 0.447. The molecule has 0 spiro atoms. The van der Waals surface area contributed by atoms with Crippen LogP contribution in [0.4, 0.5) is 5.69 Å². The summed E-state index contributed by atoms with van der Waals surface area (Å²) in [6.07, 6.45) is 1.45. The molecule has 152 valence electrons. The lowest BCUT2D eigenvalue weighted by Gasteiger charge is -2.10. The van der Waals surface area contributed by atoms with E-state index in [0.29, 0.717) is 39.2 Å². The minimum atomic E-state index is -0.219. The number of hydrogen-bond donors (Lipinski definition) is 1. The largest absolute Gasteiger partial charge is 0.495 e. The first-order valence-electron chi connectivity index (χ1n) is 8.98. The quantitative estimate of drug-likeness (QED) is 0.346. The third-order valence-corrected chi connectivity index (χ3v) is 5.43. The number of hydrogen-bond acceptors (Lipinski definition) is 7. The van der Waals surface area contributed by atoms with Crippen LogP contribution < -0.4 is 10.1 Å². The fourth-order valence-corrected chi connectivity index (χ4v) is 3.74. The molecule has 0 fully saturated rings. The monoisotopic (exact) mass is 440 g/mol. The predicted molar refractivity (Wildman–Crippen MR) is 116 cm³/mol. The summed E-state index contributed by atoms with van der Waals surface area (Å²) in [4.78, 5) is 21.0. The lowest BCUT2D eigenvalue weighted by atomic mass is 10.2. The van der Waals surface area contributed by atoms with E-state index in [1.54, 1.807) is 22.9 Å². The number of carbonyl (C=O) groups excluding carboxylic acids is 1. The van der Waals surface area contributed by atoms with Gasteiger partial charge >= 0.3 is 0 Å². The summed E-state index contributed by atoms with van der Waals surface area (Å²) in [5.41, 5.74) is 2.78. The van der Waals surface area contributed by atoms with Crippen molar-refractivity contribution in [1.82, 2.24) is 25.0 Å². The molecule has 0 saturated carbocycles. The van der Waals surface area contributed by atoms with Crippen molar-refractivity contribution in [3.8, 4) is 5.75 Å². The minimum absolute atomic E-state index is 0.132. The second-order valence-electron chi connectivity index (χ2n) is 6.27. The molecule has 30 heavy (non-hydrogen) atoms. The van der Waals surface area contributed by atoms with Crippen LogP contribution in [0, 0.1) is 0 Å². The molecule has 0 aliphatic carbocycles. The van der Waals surface area contributed by atoms with Crippen molar-refractivity contribution in [2.24, 2.45) is 0 Å². The van der Waals surface area contributed by atoms with Crippen LogP contribution in [0.25, 0.3) is 11.2 Å². The Morgan fingerprint density at radius 3 is 2.83 bits per heavy atom. The third-order valence-electron chi connectivity index (χ3n) is 4.22. The van der Waals surface area contributed by atoms with Gasteiger partial charge in [0, 0.05) is 5.02 Å². The van der Waals surface area contributed by atoms with Crippen LogP contribution >= 0.6 is 23.4 Å². The molecular formula is C20H17ClN6O2S. The Labute approximate surface area is 181 Å². The van der Waals surface area contributed by atoms with Crippen molar-refractivity contribution in [2.45, 2.75) is 11.6 Å². The first kappa shape index (κ1) is 20.1. The maximum absolute atomic E-state index is 12.4. The van der Waals surface area contributed by atoms with E-state index < -0.39 is 0 Å². The summed E-state index contributed by atoms with van der Waals surface area (Å²) >= 11 is 7.27. The van der Waals surface area contributed by atoms with Crippen molar-refractivity contribution in [2.75, 3.05) is 18.2 Å². The molecule has 0 radical (unpaired) electrons. The molecule has 2 aromatic carbocycles. The Bertz CT molecular complexity index is 1180. The third kappa shape index (κ3) is 4.52. The number of benzene rings is 2. The summed E-state index contributed by atoms with van der Waals surface area (Å²) in [6.45, 7) is 0.549. The number of thioether (sulfide) groups is 1. The van der Waals surface area contributed by atoms with E-state index in [2.05, 4.69) is 25.6 Å². The molecule has 0 unspecified atom stereocenters. The molecule has 0 aliphatic rings. The highest BCUT2D eigenvalue weighted by atomic mass is 35.5. The van der Waals surface area contributed by atoms with Gasteiger partial charge < -0.3 is 10.1 Å². The van der Waals surface area contributed by atoms with Crippen molar-refractivity contribution < 1.29 is 9.53 Å². The molecule has 10 heteroatoms. The van der Waals surface area contributed by atoms with Gasteiger partial charge in [0.15, 0.2) is 11.2 Å². The maximum Gasteiger partial charge on any atom is 0.234 e. The molecule has 0 atom stereocenters. The van der Waals surface area contributed by atoms with E-state index in [-0.39, 0.29) is 11.7 Å². The molecule has 1 amide bonds. The second kappa shape index (κ2) is 9.10. The van der Waals surface area contributed by atoms with Crippen LogP contribution in [-0.4, -0.2) is 43.7 Å². The Morgan fingerprint density at radius 2 is 2.03 bits per heavy atom. The van der Waals surface area contributed by atoms with Crippen molar-refractivity contribution in [3.05, 3.63) is 65.4 Å². The summed E-state index contributed by atoms with van der Waals surface area (Å²) in [7, 11) is 1.53. The van der Waals surface area contributed by atoms with E-state index in [1.165, 1.54) is 25.2 Å². The molecule has 8 nitrogen and oxygen atoms in total. The van der Waals surface area contributed by atoms with Crippen LogP contribution in [-0.2, 0) is 11.3 Å². The molecule has 0 saturated heterocycles. The zero-order valence-electron chi connectivity index (χ0n) is 15.9. The standard InChI is InChI=1S/C20H17ClN6O2S/c1-29-16-8-7-14(21)9-15(16)24-17(28)11-30-20-18-19(22-12-23-20)27(26-25-18)10-13-5-3-2-4-6-13/h2-9,12H,10-11H2,1H3,(H,24,28). The molecule has 1 N–H and O–H groups in total. The molecule has 4 rings (SSSR count). The Morgan fingerprint density at radius 1 is 1.20 bits per heavy atom. The van der Waals surface area contributed by atoms with Crippen molar-refractivity contribution in [3.63, 3.8) is 0 Å². The van der Waals surface area contributed by atoms with Crippen molar-refractivity contribution in [1.29, 1.82) is 0 Å². The maximum atomic E-state index is 12.4. The van der Waals surface area contributed by atoms with Gasteiger partial charge in [-0.2, -0.15) is 0 Å². The highest BCUT2D eigenvalue weighted by molar-refractivity contribution is 8.00. The van der Waals surface area contributed by atoms with Gasteiger partial charge in [-0.15, -0.1) is 5.10 Å². The van der Waals surface area contributed by atoms with Crippen LogP contribution in [0.2, 0.25) is 5.02 Å². The average Bonchev–Trinajstić information content (AvgIpc) is 3.16. The highest BCUT2D eigenvalue weighted by Gasteiger charge is 2.15. The van der Waals surface area contributed by atoms with Gasteiger partial charge in [-0.25, -0.2) is 14.6 Å². The second-order valence-corrected chi connectivity index (χ2v) is 7.67. The molecular weight excluding hydrogens is 424 g/mol. The van der Waals surface area contributed by atoms with E-state index >= 15 is 0 Å². The molecule has 0 bridgehead atoms. The number of rotatable bonds is 7. The summed E-state index contributed by atoms with van der Waals surface area (Å²) in [5, 5.41) is 12.3. The van der Waals surface area contributed by atoms with E-state index in [0.717, 1.165) is 5.56 Å². The number of ether oxygens (including phenoxy) is 1. The van der Waals surface area contributed by atoms with Gasteiger partial charge in [0.1, 0.15) is 17.1 Å². The first-order chi connectivity index (χ1) is 14.6. The number of nitrogens with zero attached hydrogens (tertiary/aromatic N) is 5. The van der Waals surface area contributed by atoms with Crippen LogP contribution in [0.5, 0.6) is 5.75 Å². The zero-order valence-corrected chi connectivity index (χ0v) is 17.5. The number of fused-ring (bicyclic) bond motifs is 1. The summed E-state index contributed by atoms with van der Waals surface area (Å²) in [6, 6.07) is 15.0. The lowest BCUT2D eigenvalue weighted by Crippen LogP contribution is -2.15. The highest BCUT2D eigenvalue weighted by Crippen LogP contribution is 2.28. The molecule has 2 aromatic heterocycles. The lowest BCUT2D eigenvalue weighted by molar-refractivity contribution is -0.113. The van der Waals surface area contributed by atoms with Gasteiger partial charge in [-0.1, -0.05) is 58.9 Å². The fourth-order valence-electron chi connectivity index (χ4n) is 2.84. The predicted octanol–water partition coefficient (Wildman–Crippen LogP) is 3.66. The first-order valence-corrected chi connectivity index (χ1v) is 10.3. The van der Waals surface area contributed by atoms with Crippen LogP contribution in [0.3, 0.4) is 0 Å². The number of carbonyl (C=O) groups is 1. The number of anilines is 1. The average molecular weight is 441 g/mol. The van der Waals surface area contributed by atoms with Gasteiger partial charge in [0.05, 0.1) is 25.1 Å². The van der Waals surface area contributed by atoms with Gasteiger partial charge in [0.25, 0.3) is 0 Å². The Balaban J connectivity index is 1.47. The molecule has 2 heterocycles. The molecule has 0 aliphatic heterocycles. The van der Waals surface area contributed by atoms with Gasteiger partial charge in [-0.05, 0) is 23.8 Å². The topological polar surface area (TPSA) is 94.8 Å². The Kier molecular flexibility index (Phi) is 6.10. The number of aromatic nitrogens is 5. The smallest absolute Gasteiger partial charge is 0.234 e. The SMILES string of the molecule is COc1ccc(Cl)cc1NC(=O)CSc1ncnc2c1nnn2Cc1ccccc1. The number of methoxy groups -OCH3 is 1. The normalized spacial score (nSPS) is 10.9. The molecule has 4 aromatic rings. The fraction of sp³-hybridized carbons (Fsp3) is 0.150. The number of amides is 1. The Hall–Kier alpha value is -3.17.